The SMILES string of the molecule is CC[C@@]1(C)C[NH+]2CCc3cc(OC)c(OC)cc3C2C[C@@H]1C[C@H]1[NH2+]CCc2cc(OC)c(OC)cc21. The van der Waals surface area contributed by atoms with Crippen LogP contribution in [0, 0.1) is 11.3 Å². The Morgan fingerprint density at radius 2 is 1.44 bits per heavy atom. The molecule has 0 amide bonds. The van der Waals surface area contributed by atoms with Crippen LogP contribution in [0.4, 0.5) is 0 Å². The molecule has 36 heavy (non-hydrogen) atoms. The van der Waals surface area contributed by atoms with Gasteiger partial charge in [0.1, 0.15) is 12.1 Å². The standard InChI is InChI=1S/C30H42N2O4/c1-7-30(2)18-32-11-9-20-13-27(34-4)29(36-6)17-23(20)25(32)15-21(30)14-24-22-16-28(35-5)26(33-3)12-19(22)8-10-31-24/h12-13,16-17,21,24-25,31H,7-11,14-15,18H2,1-6H3/p+2/t21-,24+,25?,30-/m0/s1. The molecular formula is C30H44N2O4+2. The first-order valence-corrected chi connectivity index (χ1v) is 13.6. The van der Waals surface area contributed by atoms with Crippen LogP contribution in [0.5, 0.6) is 23.0 Å². The maximum absolute atomic E-state index is 5.71. The summed E-state index contributed by atoms with van der Waals surface area (Å²) in [7, 11) is 6.94. The van der Waals surface area contributed by atoms with Gasteiger partial charge in [0.2, 0.25) is 0 Å². The number of quaternary nitrogens is 2. The molecule has 0 bridgehead atoms. The number of ether oxygens (including phenoxy) is 4. The molecule has 3 heterocycles. The molecule has 2 unspecified atom stereocenters. The van der Waals surface area contributed by atoms with Crippen LogP contribution in [0.3, 0.4) is 0 Å². The van der Waals surface area contributed by atoms with Crippen LogP contribution in [0.25, 0.3) is 0 Å². The average Bonchev–Trinajstić information content (AvgIpc) is 2.91. The molecule has 5 rings (SSSR count). The van der Waals surface area contributed by atoms with E-state index in [0.29, 0.717) is 23.4 Å². The van der Waals surface area contributed by atoms with Gasteiger partial charge in [0, 0.05) is 42.2 Å². The van der Waals surface area contributed by atoms with E-state index in [1.165, 1.54) is 54.6 Å². The molecular weight excluding hydrogens is 452 g/mol. The van der Waals surface area contributed by atoms with E-state index < -0.39 is 0 Å². The van der Waals surface area contributed by atoms with Crippen LogP contribution in [0.2, 0.25) is 0 Å². The fourth-order valence-corrected chi connectivity index (χ4v) is 7.29. The van der Waals surface area contributed by atoms with Gasteiger partial charge < -0.3 is 29.2 Å². The van der Waals surface area contributed by atoms with Crippen LogP contribution in [0.15, 0.2) is 24.3 Å². The number of hydrogen-bond acceptors (Lipinski definition) is 4. The third-order valence-electron chi connectivity index (χ3n) is 9.62. The maximum Gasteiger partial charge on any atom is 0.161 e. The predicted octanol–water partition coefficient (Wildman–Crippen LogP) is 2.89. The summed E-state index contributed by atoms with van der Waals surface area (Å²) in [6, 6.07) is 9.91. The summed E-state index contributed by atoms with van der Waals surface area (Å²) in [5.74, 6) is 4.04. The Hall–Kier alpha value is -2.44. The van der Waals surface area contributed by atoms with Gasteiger partial charge in [-0.1, -0.05) is 13.8 Å². The molecule has 2 aromatic carbocycles. The highest BCUT2D eigenvalue weighted by molar-refractivity contribution is 5.50. The Balaban J connectivity index is 1.47. The Bertz CT molecular complexity index is 1100. The van der Waals surface area contributed by atoms with Gasteiger partial charge in [-0.2, -0.15) is 0 Å². The van der Waals surface area contributed by atoms with Crippen molar-refractivity contribution in [2.75, 3.05) is 48.1 Å². The summed E-state index contributed by atoms with van der Waals surface area (Å²) in [6.07, 6.45) is 5.82. The number of benzene rings is 2. The van der Waals surface area contributed by atoms with E-state index in [0.717, 1.165) is 42.4 Å². The quantitative estimate of drug-likeness (QED) is 0.619. The zero-order valence-corrected chi connectivity index (χ0v) is 22.9. The number of rotatable bonds is 7. The summed E-state index contributed by atoms with van der Waals surface area (Å²) in [4.78, 5) is 1.75. The summed E-state index contributed by atoms with van der Waals surface area (Å²) >= 11 is 0. The number of methoxy groups -OCH3 is 4. The molecule has 1 fully saturated rings. The Kier molecular flexibility index (Phi) is 7.10. The molecule has 0 spiro atoms. The number of fused-ring (bicyclic) bond motifs is 4. The summed E-state index contributed by atoms with van der Waals surface area (Å²) < 4.78 is 22.6. The van der Waals surface area contributed by atoms with Crippen LogP contribution in [-0.4, -0.2) is 48.1 Å². The lowest BCUT2D eigenvalue weighted by molar-refractivity contribution is -0.948. The number of nitrogens with one attached hydrogen (secondary N) is 1. The maximum atomic E-state index is 5.71. The van der Waals surface area contributed by atoms with E-state index in [-0.39, 0.29) is 0 Å². The first-order valence-electron chi connectivity index (χ1n) is 13.6. The molecule has 0 saturated carbocycles. The predicted molar refractivity (Wildman–Crippen MR) is 141 cm³/mol. The molecule has 6 heteroatoms. The molecule has 0 radical (unpaired) electrons. The monoisotopic (exact) mass is 496 g/mol. The Morgan fingerprint density at radius 1 is 0.861 bits per heavy atom. The zero-order chi connectivity index (χ0) is 25.4. The van der Waals surface area contributed by atoms with E-state index in [1.54, 1.807) is 33.3 Å². The molecule has 6 nitrogen and oxygen atoms in total. The normalized spacial score (nSPS) is 28.9. The minimum atomic E-state index is 0.335. The van der Waals surface area contributed by atoms with E-state index in [9.17, 15) is 0 Å². The molecule has 2 aromatic rings. The second-order valence-corrected chi connectivity index (χ2v) is 11.3. The van der Waals surface area contributed by atoms with Gasteiger partial charge in [-0.05, 0) is 47.7 Å². The Morgan fingerprint density at radius 3 is 2.06 bits per heavy atom. The number of piperidine rings is 1. The van der Waals surface area contributed by atoms with Crippen LogP contribution < -0.4 is 29.2 Å². The first-order chi connectivity index (χ1) is 17.4. The largest absolute Gasteiger partial charge is 0.493 e. The van der Waals surface area contributed by atoms with Crippen LogP contribution in [0.1, 0.15) is 67.4 Å². The Labute approximate surface area is 216 Å². The van der Waals surface area contributed by atoms with E-state index in [1.807, 2.05) is 0 Å². The van der Waals surface area contributed by atoms with Crippen molar-refractivity contribution in [3.63, 3.8) is 0 Å². The van der Waals surface area contributed by atoms with Crippen molar-refractivity contribution >= 4 is 0 Å². The smallest absolute Gasteiger partial charge is 0.161 e. The summed E-state index contributed by atoms with van der Waals surface area (Å²) in [5.41, 5.74) is 6.09. The van der Waals surface area contributed by atoms with Crippen molar-refractivity contribution < 1.29 is 29.2 Å². The van der Waals surface area contributed by atoms with Gasteiger partial charge in [-0.3, -0.25) is 0 Å². The third-order valence-corrected chi connectivity index (χ3v) is 9.62. The topological polar surface area (TPSA) is 58.0 Å². The lowest BCUT2D eigenvalue weighted by atomic mass is 9.64. The summed E-state index contributed by atoms with van der Waals surface area (Å²) in [5, 5.41) is 2.56. The van der Waals surface area contributed by atoms with Crippen molar-refractivity contribution in [2.45, 2.75) is 58.0 Å². The van der Waals surface area contributed by atoms with Crippen molar-refractivity contribution in [1.82, 2.24) is 0 Å². The van der Waals surface area contributed by atoms with Gasteiger partial charge in [0.05, 0.1) is 48.1 Å². The molecule has 3 aliphatic heterocycles. The molecule has 1 saturated heterocycles. The third kappa shape index (κ3) is 4.32. The highest BCUT2D eigenvalue weighted by Gasteiger charge is 2.49. The van der Waals surface area contributed by atoms with Gasteiger partial charge in [-0.25, -0.2) is 0 Å². The minimum Gasteiger partial charge on any atom is -0.493 e. The molecule has 0 aliphatic carbocycles. The molecule has 196 valence electrons. The van der Waals surface area contributed by atoms with E-state index in [2.05, 4.69) is 43.4 Å². The van der Waals surface area contributed by atoms with Gasteiger partial charge in [-0.15, -0.1) is 0 Å². The van der Waals surface area contributed by atoms with E-state index in [4.69, 9.17) is 18.9 Å². The van der Waals surface area contributed by atoms with Crippen molar-refractivity contribution in [3.05, 3.63) is 46.5 Å². The number of nitrogens with two attached hydrogens (primary N) is 1. The minimum absolute atomic E-state index is 0.335. The average molecular weight is 497 g/mol. The van der Waals surface area contributed by atoms with Crippen LogP contribution >= 0.6 is 0 Å². The van der Waals surface area contributed by atoms with Gasteiger partial charge in [0.25, 0.3) is 0 Å². The lowest BCUT2D eigenvalue weighted by Crippen LogP contribution is -3.16. The fourth-order valence-electron chi connectivity index (χ4n) is 7.29. The van der Waals surface area contributed by atoms with Crippen molar-refractivity contribution in [1.29, 1.82) is 0 Å². The van der Waals surface area contributed by atoms with Crippen LogP contribution in [-0.2, 0) is 12.8 Å². The second-order valence-electron chi connectivity index (χ2n) is 11.3. The molecule has 5 atom stereocenters. The first kappa shape index (κ1) is 25.2. The molecule has 3 N–H and O–H groups in total. The fraction of sp³-hybridized carbons (Fsp3) is 0.600. The highest BCUT2D eigenvalue weighted by Crippen LogP contribution is 2.46. The van der Waals surface area contributed by atoms with Gasteiger partial charge in [0.15, 0.2) is 23.0 Å². The molecule has 3 aliphatic rings. The molecule has 0 aromatic heterocycles. The van der Waals surface area contributed by atoms with Crippen molar-refractivity contribution in [3.8, 4) is 23.0 Å². The summed E-state index contributed by atoms with van der Waals surface area (Å²) in [6.45, 7) is 8.50. The second kappa shape index (κ2) is 10.1. The highest BCUT2D eigenvalue weighted by atomic mass is 16.5. The zero-order valence-electron chi connectivity index (χ0n) is 22.9. The lowest BCUT2D eigenvalue weighted by Gasteiger charge is -2.50. The van der Waals surface area contributed by atoms with E-state index >= 15 is 0 Å². The number of hydrogen-bond donors (Lipinski definition) is 2. The van der Waals surface area contributed by atoms with Gasteiger partial charge >= 0.3 is 0 Å². The van der Waals surface area contributed by atoms with Crippen molar-refractivity contribution in [2.24, 2.45) is 11.3 Å².